The van der Waals surface area contributed by atoms with E-state index in [0.29, 0.717) is 12.2 Å². The molecule has 0 atom stereocenters. The number of rotatable bonds is 3. The van der Waals surface area contributed by atoms with Crippen LogP contribution in [-0.2, 0) is 16.1 Å². The number of hydrogen-bond acceptors (Lipinski definition) is 4. The van der Waals surface area contributed by atoms with Gasteiger partial charge in [0.15, 0.2) is 0 Å². The maximum atomic E-state index is 11.0. The van der Waals surface area contributed by atoms with Crippen LogP contribution in [0, 0.1) is 0 Å². The number of anilines is 1. The number of nitrogens with zero attached hydrogens (tertiary/aromatic N) is 1. The molecular weight excluding hydrogens is 232 g/mol. The molecule has 2 N–H and O–H groups in total. The first-order valence-corrected chi connectivity index (χ1v) is 6.05. The van der Waals surface area contributed by atoms with E-state index in [1.165, 1.54) is 6.92 Å². The molecule has 2 rings (SSSR count). The van der Waals surface area contributed by atoms with Gasteiger partial charge in [-0.15, -0.1) is 0 Å². The molecule has 0 spiro atoms. The molecule has 1 aliphatic heterocycles. The maximum absolute atomic E-state index is 11.0. The van der Waals surface area contributed by atoms with Crippen LogP contribution in [0.25, 0.3) is 0 Å². The van der Waals surface area contributed by atoms with E-state index in [2.05, 4.69) is 10.2 Å². The Hall–Kier alpha value is -1.59. The third kappa shape index (κ3) is 3.45. The largest absolute Gasteiger partial charge is 0.508 e. The number of carbonyl (C=O) groups excluding carboxylic acids is 1. The lowest BCUT2D eigenvalue weighted by molar-refractivity contribution is -0.114. The van der Waals surface area contributed by atoms with Crippen LogP contribution in [0.4, 0.5) is 5.69 Å². The highest BCUT2D eigenvalue weighted by Gasteiger charge is 2.13. The van der Waals surface area contributed by atoms with Gasteiger partial charge < -0.3 is 15.2 Å². The number of carbonyl (C=O) groups is 1. The average molecular weight is 250 g/mol. The number of aromatic hydroxyl groups is 1. The van der Waals surface area contributed by atoms with E-state index in [1.807, 2.05) is 6.07 Å². The molecule has 5 nitrogen and oxygen atoms in total. The first-order valence-electron chi connectivity index (χ1n) is 6.05. The van der Waals surface area contributed by atoms with Gasteiger partial charge in [0, 0.05) is 37.8 Å². The third-order valence-electron chi connectivity index (χ3n) is 2.90. The van der Waals surface area contributed by atoms with E-state index in [4.69, 9.17) is 4.74 Å². The molecule has 1 aromatic rings. The van der Waals surface area contributed by atoms with Gasteiger partial charge in [0.05, 0.1) is 13.2 Å². The van der Waals surface area contributed by atoms with Crippen molar-refractivity contribution in [3.05, 3.63) is 23.8 Å². The average Bonchev–Trinajstić information content (AvgIpc) is 2.34. The number of amides is 1. The van der Waals surface area contributed by atoms with Crippen LogP contribution >= 0.6 is 0 Å². The molecule has 1 amide bonds. The number of phenols is 1. The van der Waals surface area contributed by atoms with Crippen LogP contribution in [0.1, 0.15) is 12.5 Å². The van der Waals surface area contributed by atoms with Crippen LogP contribution in [0.3, 0.4) is 0 Å². The minimum absolute atomic E-state index is 0.113. The minimum Gasteiger partial charge on any atom is -0.508 e. The fourth-order valence-electron chi connectivity index (χ4n) is 1.99. The third-order valence-corrected chi connectivity index (χ3v) is 2.90. The van der Waals surface area contributed by atoms with Crippen molar-refractivity contribution in [2.75, 3.05) is 31.6 Å². The number of phenolic OH excluding ortho intramolecular Hbond substituents is 1. The van der Waals surface area contributed by atoms with Gasteiger partial charge in [0.2, 0.25) is 5.91 Å². The van der Waals surface area contributed by atoms with Crippen LogP contribution in [0.15, 0.2) is 18.2 Å². The lowest BCUT2D eigenvalue weighted by Gasteiger charge is -2.27. The number of ether oxygens (including phenoxy) is 1. The minimum atomic E-state index is -0.113. The smallest absolute Gasteiger partial charge is 0.221 e. The molecule has 0 aromatic heterocycles. The second-order valence-corrected chi connectivity index (χ2v) is 4.41. The summed E-state index contributed by atoms with van der Waals surface area (Å²) >= 11 is 0. The molecule has 0 aliphatic carbocycles. The number of nitrogens with one attached hydrogen (secondary N) is 1. The van der Waals surface area contributed by atoms with Gasteiger partial charge in [-0.1, -0.05) is 0 Å². The fourth-order valence-corrected chi connectivity index (χ4v) is 1.99. The second-order valence-electron chi connectivity index (χ2n) is 4.41. The van der Waals surface area contributed by atoms with E-state index in [9.17, 15) is 9.90 Å². The summed E-state index contributed by atoms with van der Waals surface area (Å²) < 4.78 is 5.28. The molecule has 0 saturated carbocycles. The monoisotopic (exact) mass is 250 g/mol. The van der Waals surface area contributed by atoms with Crippen molar-refractivity contribution in [3.8, 4) is 5.75 Å². The summed E-state index contributed by atoms with van der Waals surface area (Å²) in [6.07, 6.45) is 0. The van der Waals surface area contributed by atoms with Crippen molar-refractivity contribution in [1.29, 1.82) is 0 Å². The lowest BCUT2D eigenvalue weighted by atomic mass is 10.1. The van der Waals surface area contributed by atoms with Crippen molar-refractivity contribution < 1.29 is 14.6 Å². The van der Waals surface area contributed by atoms with E-state index >= 15 is 0 Å². The van der Waals surface area contributed by atoms with Crippen LogP contribution in [-0.4, -0.2) is 42.2 Å². The van der Waals surface area contributed by atoms with Crippen LogP contribution in [0.2, 0.25) is 0 Å². The zero-order valence-electron chi connectivity index (χ0n) is 10.5. The first kappa shape index (κ1) is 12.9. The standard InChI is InChI=1S/C13H18N2O3/c1-10(16)14-12-2-3-13(17)11(8-12)9-15-4-6-18-7-5-15/h2-3,8,17H,4-7,9H2,1H3,(H,14,16). The highest BCUT2D eigenvalue weighted by atomic mass is 16.5. The van der Waals surface area contributed by atoms with E-state index in [-0.39, 0.29) is 11.7 Å². The maximum Gasteiger partial charge on any atom is 0.221 e. The van der Waals surface area contributed by atoms with Gasteiger partial charge in [-0.3, -0.25) is 9.69 Å². The van der Waals surface area contributed by atoms with Crippen LogP contribution < -0.4 is 5.32 Å². The zero-order valence-corrected chi connectivity index (χ0v) is 10.5. The van der Waals surface area contributed by atoms with E-state index < -0.39 is 0 Å². The summed E-state index contributed by atoms with van der Waals surface area (Å²) in [5, 5.41) is 12.5. The summed E-state index contributed by atoms with van der Waals surface area (Å²) in [4.78, 5) is 13.2. The normalized spacial score (nSPS) is 16.5. The molecule has 0 radical (unpaired) electrons. The molecule has 1 saturated heterocycles. The first-order chi connectivity index (χ1) is 8.65. The molecule has 98 valence electrons. The molecule has 1 aromatic carbocycles. The Labute approximate surface area is 106 Å². The molecule has 1 aliphatic rings. The van der Waals surface area contributed by atoms with Gasteiger partial charge in [-0.25, -0.2) is 0 Å². The van der Waals surface area contributed by atoms with Crippen molar-refractivity contribution in [2.24, 2.45) is 0 Å². The molecule has 0 bridgehead atoms. The van der Waals surface area contributed by atoms with E-state index in [1.54, 1.807) is 12.1 Å². The Balaban J connectivity index is 2.07. The number of benzene rings is 1. The molecular formula is C13H18N2O3. The fraction of sp³-hybridized carbons (Fsp3) is 0.462. The Bertz CT molecular complexity index is 428. The second kappa shape index (κ2) is 5.84. The Morgan fingerprint density at radius 2 is 2.17 bits per heavy atom. The molecule has 0 unspecified atom stereocenters. The van der Waals surface area contributed by atoms with Crippen molar-refractivity contribution in [2.45, 2.75) is 13.5 Å². The highest BCUT2D eigenvalue weighted by molar-refractivity contribution is 5.88. The van der Waals surface area contributed by atoms with Crippen molar-refractivity contribution in [3.63, 3.8) is 0 Å². The van der Waals surface area contributed by atoms with Gasteiger partial charge in [-0.05, 0) is 18.2 Å². The van der Waals surface area contributed by atoms with Crippen molar-refractivity contribution in [1.82, 2.24) is 4.90 Å². The summed E-state index contributed by atoms with van der Waals surface area (Å²) in [6.45, 7) is 5.32. The Kier molecular flexibility index (Phi) is 4.17. The molecule has 18 heavy (non-hydrogen) atoms. The summed E-state index contributed by atoms with van der Waals surface area (Å²) in [6, 6.07) is 5.12. The quantitative estimate of drug-likeness (QED) is 0.791. The summed E-state index contributed by atoms with van der Waals surface area (Å²) in [7, 11) is 0. The lowest BCUT2D eigenvalue weighted by Crippen LogP contribution is -2.35. The Morgan fingerprint density at radius 3 is 2.83 bits per heavy atom. The highest BCUT2D eigenvalue weighted by Crippen LogP contribution is 2.23. The molecule has 5 heteroatoms. The number of morpholine rings is 1. The Morgan fingerprint density at radius 1 is 1.44 bits per heavy atom. The van der Waals surface area contributed by atoms with Crippen LogP contribution in [0.5, 0.6) is 5.75 Å². The molecule has 1 fully saturated rings. The van der Waals surface area contributed by atoms with Crippen molar-refractivity contribution >= 4 is 11.6 Å². The topological polar surface area (TPSA) is 61.8 Å². The SMILES string of the molecule is CC(=O)Nc1ccc(O)c(CN2CCOCC2)c1. The summed E-state index contributed by atoms with van der Waals surface area (Å²) in [5.74, 6) is 0.147. The predicted molar refractivity (Wildman–Crippen MR) is 68.5 cm³/mol. The van der Waals surface area contributed by atoms with E-state index in [0.717, 1.165) is 31.9 Å². The summed E-state index contributed by atoms with van der Waals surface area (Å²) in [5.41, 5.74) is 1.53. The van der Waals surface area contributed by atoms with Gasteiger partial charge in [0.1, 0.15) is 5.75 Å². The number of hydrogen-bond donors (Lipinski definition) is 2. The zero-order chi connectivity index (χ0) is 13.0. The van der Waals surface area contributed by atoms with Gasteiger partial charge in [0.25, 0.3) is 0 Å². The van der Waals surface area contributed by atoms with Gasteiger partial charge in [-0.2, -0.15) is 0 Å². The predicted octanol–water partition coefficient (Wildman–Crippen LogP) is 1.18. The van der Waals surface area contributed by atoms with Gasteiger partial charge >= 0.3 is 0 Å². The molecule has 1 heterocycles.